The van der Waals surface area contributed by atoms with Gasteiger partial charge in [0.05, 0.1) is 5.60 Å². The van der Waals surface area contributed by atoms with Crippen LogP contribution >= 0.6 is 11.6 Å². The summed E-state index contributed by atoms with van der Waals surface area (Å²) in [5.74, 6) is -0.493. The van der Waals surface area contributed by atoms with E-state index in [1.165, 1.54) is 26.0 Å². The van der Waals surface area contributed by atoms with E-state index in [9.17, 15) is 14.6 Å². The molecule has 2 nitrogen and oxygen atoms in total. The Morgan fingerprint density at radius 1 is 1.43 bits per heavy atom. The Bertz CT molecular complexity index is 333. The molecular weight excluding hydrogens is 207 g/mol. The highest BCUT2D eigenvalue weighted by Crippen LogP contribution is 2.30. The van der Waals surface area contributed by atoms with Gasteiger partial charge in [-0.3, -0.25) is 0 Å². The minimum absolute atomic E-state index is 0.194. The summed E-state index contributed by atoms with van der Waals surface area (Å²) in [7, 11) is 0. The summed E-state index contributed by atoms with van der Waals surface area (Å²) in [5, 5.41) is 19.4. The second-order valence-corrected chi connectivity index (χ2v) is 4.13. The zero-order chi connectivity index (χ0) is 10.9. The molecule has 0 saturated carbocycles. The Morgan fingerprint density at radius 2 is 2.00 bits per heavy atom. The highest BCUT2D eigenvalue weighted by atomic mass is 35.5. The minimum atomic E-state index is -1.35. The lowest BCUT2D eigenvalue weighted by molar-refractivity contribution is -0.0497. The molecular formula is C10H12ClFO2. The highest BCUT2D eigenvalue weighted by Gasteiger charge is 2.28. The smallest absolute Gasteiger partial charge is 0.123 e. The largest absolute Gasteiger partial charge is 0.387 e. The second-order valence-electron chi connectivity index (χ2n) is 3.72. The Kier molecular flexibility index (Phi) is 3.14. The lowest BCUT2D eigenvalue weighted by atomic mass is 9.95. The highest BCUT2D eigenvalue weighted by molar-refractivity contribution is 6.31. The minimum Gasteiger partial charge on any atom is -0.387 e. The van der Waals surface area contributed by atoms with Crippen molar-refractivity contribution < 1.29 is 14.6 Å². The van der Waals surface area contributed by atoms with E-state index in [1.807, 2.05) is 0 Å². The molecule has 2 N–H and O–H groups in total. The monoisotopic (exact) mass is 218 g/mol. The van der Waals surface area contributed by atoms with Crippen molar-refractivity contribution in [2.75, 3.05) is 0 Å². The zero-order valence-electron chi connectivity index (χ0n) is 7.96. The Hall–Kier alpha value is -0.640. The molecule has 1 rings (SSSR count). The molecule has 0 aliphatic rings. The van der Waals surface area contributed by atoms with Crippen LogP contribution in [0.5, 0.6) is 0 Å². The van der Waals surface area contributed by atoms with Crippen LogP contribution in [0.1, 0.15) is 25.5 Å². The first kappa shape index (κ1) is 11.4. The summed E-state index contributed by atoms with van der Waals surface area (Å²) in [6.45, 7) is 2.86. The molecule has 1 unspecified atom stereocenters. The van der Waals surface area contributed by atoms with Crippen molar-refractivity contribution in [1.82, 2.24) is 0 Å². The topological polar surface area (TPSA) is 40.5 Å². The fraction of sp³-hybridized carbons (Fsp3) is 0.400. The maximum atomic E-state index is 12.8. The van der Waals surface area contributed by atoms with E-state index in [4.69, 9.17) is 11.6 Å². The van der Waals surface area contributed by atoms with Crippen molar-refractivity contribution in [3.05, 3.63) is 34.6 Å². The lowest BCUT2D eigenvalue weighted by Gasteiger charge is -2.25. The van der Waals surface area contributed by atoms with Crippen LogP contribution in [0.2, 0.25) is 5.02 Å². The van der Waals surface area contributed by atoms with Crippen molar-refractivity contribution in [1.29, 1.82) is 0 Å². The van der Waals surface area contributed by atoms with Crippen LogP contribution in [0.25, 0.3) is 0 Å². The van der Waals surface area contributed by atoms with E-state index in [1.54, 1.807) is 0 Å². The van der Waals surface area contributed by atoms with Crippen LogP contribution in [0.4, 0.5) is 4.39 Å². The van der Waals surface area contributed by atoms with E-state index < -0.39 is 17.5 Å². The van der Waals surface area contributed by atoms with Gasteiger partial charge in [-0.15, -0.1) is 0 Å². The molecule has 0 heterocycles. The van der Waals surface area contributed by atoms with E-state index in [-0.39, 0.29) is 10.6 Å². The molecule has 0 fully saturated rings. The Labute approximate surface area is 86.9 Å². The molecule has 0 saturated heterocycles. The molecule has 0 aromatic heterocycles. The van der Waals surface area contributed by atoms with Gasteiger partial charge in [-0.05, 0) is 32.0 Å². The van der Waals surface area contributed by atoms with Gasteiger partial charge >= 0.3 is 0 Å². The van der Waals surface area contributed by atoms with Crippen molar-refractivity contribution in [3.63, 3.8) is 0 Å². The van der Waals surface area contributed by atoms with Gasteiger partial charge in [-0.1, -0.05) is 11.6 Å². The van der Waals surface area contributed by atoms with Gasteiger partial charge in [-0.2, -0.15) is 0 Å². The standard InChI is InChI=1S/C10H12ClFO2/c1-10(2,14)9(13)7-5-6(12)3-4-8(7)11/h3-5,9,13-14H,1-2H3. The zero-order valence-corrected chi connectivity index (χ0v) is 8.72. The molecule has 0 amide bonds. The predicted octanol–water partition coefficient (Wildman–Crippen LogP) is 2.28. The second kappa shape index (κ2) is 3.85. The molecule has 0 radical (unpaired) electrons. The summed E-state index contributed by atoms with van der Waals surface area (Å²) in [6, 6.07) is 3.66. The lowest BCUT2D eigenvalue weighted by Crippen LogP contribution is -2.28. The van der Waals surface area contributed by atoms with Crippen molar-refractivity contribution in [3.8, 4) is 0 Å². The number of hydrogen-bond acceptors (Lipinski definition) is 2. The molecule has 14 heavy (non-hydrogen) atoms. The van der Waals surface area contributed by atoms with E-state index in [0.717, 1.165) is 6.07 Å². The summed E-state index contributed by atoms with van der Waals surface area (Å²) in [5.41, 5.74) is -1.16. The fourth-order valence-electron chi connectivity index (χ4n) is 1.10. The van der Waals surface area contributed by atoms with Crippen LogP contribution in [0.15, 0.2) is 18.2 Å². The third kappa shape index (κ3) is 2.44. The van der Waals surface area contributed by atoms with Crippen molar-refractivity contribution >= 4 is 11.6 Å². The molecule has 1 aromatic rings. The average molecular weight is 219 g/mol. The number of halogens is 2. The molecule has 78 valence electrons. The van der Waals surface area contributed by atoms with Crippen LogP contribution < -0.4 is 0 Å². The Morgan fingerprint density at radius 3 is 2.50 bits per heavy atom. The molecule has 0 bridgehead atoms. The number of aliphatic hydroxyl groups excluding tert-OH is 1. The third-order valence-corrected chi connectivity index (χ3v) is 2.27. The van der Waals surface area contributed by atoms with Gasteiger partial charge in [0.2, 0.25) is 0 Å². The van der Waals surface area contributed by atoms with Gasteiger partial charge in [0, 0.05) is 10.6 Å². The summed E-state index contributed by atoms with van der Waals surface area (Å²) in [4.78, 5) is 0. The first-order chi connectivity index (χ1) is 6.32. The van der Waals surface area contributed by atoms with E-state index in [2.05, 4.69) is 0 Å². The van der Waals surface area contributed by atoms with Gasteiger partial charge < -0.3 is 10.2 Å². The van der Waals surface area contributed by atoms with Crippen LogP contribution in [-0.4, -0.2) is 15.8 Å². The van der Waals surface area contributed by atoms with E-state index in [0.29, 0.717) is 0 Å². The molecule has 1 atom stereocenters. The van der Waals surface area contributed by atoms with Gasteiger partial charge in [0.15, 0.2) is 0 Å². The molecule has 1 aromatic carbocycles. The summed E-state index contributed by atoms with van der Waals surface area (Å²) < 4.78 is 12.8. The molecule has 4 heteroatoms. The summed E-state index contributed by atoms with van der Waals surface area (Å²) in [6.07, 6.45) is -1.20. The quantitative estimate of drug-likeness (QED) is 0.800. The van der Waals surface area contributed by atoms with Gasteiger partial charge in [0.25, 0.3) is 0 Å². The molecule has 0 aliphatic carbocycles. The van der Waals surface area contributed by atoms with Crippen LogP contribution in [0, 0.1) is 5.82 Å². The number of rotatable bonds is 2. The summed E-state index contributed by atoms with van der Waals surface area (Å²) >= 11 is 5.76. The first-order valence-electron chi connectivity index (χ1n) is 4.18. The van der Waals surface area contributed by atoms with Crippen molar-refractivity contribution in [2.24, 2.45) is 0 Å². The van der Waals surface area contributed by atoms with Crippen LogP contribution in [0.3, 0.4) is 0 Å². The van der Waals surface area contributed by atoms with Gasteiger partial charge in [-0.25, -0.2) is 4.39 Å². The Balaban J connectivity index is 3.12. The van der Waals surface area contributed by atoms with Crippen LogP contribution in [-0.2, 0) is 0 Å². The predicted molar refractivity (Wildman–Crippen MR) is 52.7 cm³/mol. The van der Waals surface area contributed by atoms with E-state index >= 15 is 0 Å². The van der Waals surface area contributed by atoms with Crippen molar-refractivity contribution in [2.45, 2.75) is 25.6 Å². The number of hydrogen-bond donors (Lipinski definition) is 2. The van der Waals surface area contributed by atoms with Gasteiger partial charge in [0.1, 0.15) is 11.9 Å². The first-order valence-corrected chi connectivity index (χ1v) is 4.55. The average Bonchev–Trinajstić information content (AvgIpc) is 2.06. The maximum absolute atomic E-state index is 12.8. The third-order valence-electron chi connectivity index (χ3n) is 1.92. The molecule has 0 spiro atoms. The normalized spacial score (nSPS) is 14.1. The number of aliphatic hydroxyl groups is 2. The number of benzene rings is 1. The molecule has 0 aliphatic heterocycles. The SMILES string of the molecule is CC(C)(O)C(O)c1cc(F)ccc1Cl. The fourth-order valence-corrected chi connectivity index (χ4v) is 1.33. The maximum Gasteiger partial charge on any atom is 0.123 e.